The molecule has 0 heterocycles. The van der Waals surface area contributed by atoms with E-state index in [4.69, 9.17) is 21.6 Å². The molecule has 2 rings (SSSR count). The lowest BCUT2D eigenvalue weighted by Gasteiger charge is -2.28. The summed E-state index contributed by atoms with van der Waals surface area (Å²) in [6.07, 6.45) is 0.183. The van der Waals surface area contributed by atoms with Gasteiger partial charge in [0.05, 0.1) is 35.7 Å². The Balaban J connectivity index is 1.95. The number of nitrogens with zero attached hydrogens (tertiary/aromatic N) is 2. The van der Waals surface area contributed by atoms with Crippen molar-refractivity contribution >= 4 is 17.5 Å². The standard InChI is InChI=1S/C20H20ClFN2O2/c1-3-24(14(2)16-6-4-15(13-23)5-7-16)20(25)10-11-26-19-9-8-17(22)12-18(19)21/h4-9,12,14H,3,10-11H2,1-2H3. The molecule has 1 amide bonds. The molecule has 0 saturated carbocycles. The highest BCUT2D eigenvalue weighted by Crippen LogP contribution is 2.25. The smallest absolute Gasteiger partial charge is 0.226 e. The largest absolute Gasteiger partial charge is 0.491 e. The number of benzene rings is 2. The zero-order valence-corrected chi connectivity index (χ0v) is 15.5. The highest BCUT2D eigenvalue weighted by molar-refractivity contribution is 6.32. The maximum Gasteiger partial charge on any atom is 0.226 e. The number of rotatable bonds is 7. The molecule has 2 aromatic carbocycles. The molecule has 0 aliphatic heterocycles. The maximum absolute atomic E-state index is 13.0. The van der Waals surface area contributed by atoms with Crippen molar-refractivity contribution in [2.75, 3.05) is 13.2 Å². The third kappa shape index (κ3) is 4.96. The first-order chi connectivity index (χ1) is 12.5. The molecule has 0 fully saturated rings. The summed E-state index contributed by atoms with van der Waals surface area (Å²) in [5.74, 6) is -0.140. The van der Waals surface area contributed by atoms with Gasteiger partial charge in [-0.1, -0.05) is 23.7 Å². The molecule has 2 aromatic rings. The molecule has 136 valence electrons. The normalized spacial score (nSPS) is 11.5. The Labute approximate surface area is 157 Å². The van der Waals surface area contributed by atoms with Crippen molar-refractivity contribution in [3.63, 3.8) is 0 Å². The first-order valence-electron chi connectivity index (χ1n) is 8.33. The van der Waals surface area contributed by atoms with Crippen LogP contribution in [0.15, 0.2) is 42.5 Å². The fourth-order valence-corrected chi connectivity index (χ4v) is 2.89. The van der Waals surface area contributed by atoms with E-state index >= 15 is 0 Å². The van der Waals surface area contributed by atoms with Crippen LogP contribution in [-0.2, 0) is 4.79 Å². The first kappa shape index (κ1) is 19.7. The number of hydrogen-bond acceptors (Lipinski definition) is 3. The zero-order chi connectivity index (χ0) is 19.1. The van der Waals surface area contributed by atoms with Gasteiger partial charge in [0.25, 0.3) is 0 Å². The summed E-state index contributed by atoms with van der Waals surface area (Å²) in [4.78, 5) is 14.3. The second-order valence-corrected chi connectivity index (χ2v) is 6.17. The molecule has 0 aliphatic carbocycles. The van der Waals surface area contributed by atoms with Gasteiger partial charge in [0.15, 0.2) is 0 Å². The second kappa shape index (κ2) is 9.21. The van der Waals surface area contributed by atoms with E-state index in [2.05, 4.69) is 6.07 Å². The third-order valence-electron chi connectivity index (χ3n) is 4.12. The van der Waals surface area contributed by atoms with Crippen LogP contribution in [0.25, 0.3) is 0 Å². The van der Waals surface area contributed by atoms with E-state index in [0.29, 0.717) is 17.9 Å². The number of ether oxygens (including phenoxy) is 1. The molecule has 0 aromatic heterocycles. The van der Waals surface area contributed by atoms with Gasteiger partial charge in [0.2, 0.25) is 5.91 Å². The van der Waals surface area contributed by atoms with E-state index in [-0.39, 0.29) is 30.0 Å². The molecule has 1 unspecified atom stereocenters. The minimum atomic E-state index is -0.438. The lowest BCUT2D eigenvalue weighted by atomic mass is 10.0. The van der Waals surface area contributed by atoms with Gasteiger partial charge in [0, 0.05) is 6.54 Å². The van der Waals surface area contributed by atoms with Crippen LogP contribution in [0.3, 0.4) is 0 Å². The summed E-state index contributed by atoms with van der Waals surface area (Å²) in [5.41, 5.74) is 1.54. The van der Waals surface area contributed by atoms with Crippen molar-refractivity contribution in [3.05, 3.63) is 64.4 Å². The van der Waals surface area contributed by atoms with Crippen molar-refractivity contribution in [1.82, 2.24) is 4.90 Å². The van der Waals surface area contributed by atoms with Gasteiger partial charge in [-0.05, 0) is 49.7 Å². The van der Waals surface area contributed by atoms with Crippen molar-refractivity contribution in [2.24, 2.45) is 0 Å². The van der Waals surface area contributed by atoms with Crippen molar-refractivity contribution < 1.29 is 13.9 Å². The molecule has 6 heteroatoms. The molecule has 0 aliphatic rings. The fraction of sp³-hybridized carbons (Fsp3) is 0.300. The van der Waals surface area contributed by atoms with Gasteiger partial charge < -0.3 is 9.64 Å². The molecule has 26 heavy (non-hydrogen) atoms. The zero-order valence-electron chi connectivity index (χ0n) is 14.7. The van der Waals surface area contributed by atoms with Crippen LogP contribution in [-0.4, -0.2) is 24.0 Å². The average Bonchev–Trinajstić information content (AvgIpc) is 2.64. The molecule has 0 radical (unpaired) electrons. The van der Waals surface area contributed by atoms with Crippen molar-refractivity contribution in [1.29, 1.82) is 5.26 Å². The average molecular weight is 375 g/mol. The number of nitriles is 1. The van der Waals surface area contributed by atoms with Gasteiger partial charge in [0.1, 0.15) is 11.6 Å². The first-order valence-corrected chi connectivity index (χ1v) is 8.71. The predicted molar refractivity (Wildman–Crippen MR) is 98.5 cm³/mol. The SMILES string of the molecule is CCN(C(=O)CCOc1ccc(F)cc1Cl)C(C)c1ccc(C#N)cc1. The summed E-state index contributed by atoms with van der Waals surface area (Å²) >= 11 is 5.91. The van der Waals surface area contributed by atoms with Crippen LogP contribution in [0, 0.1) is 17.1 Å². The molecular formula is C20H20ClFN2O2. The summed E-state index contributed by atoms with van der Waals surface area (Å²) < 4.78 is 18.5. The molecule has 0 N–H and O–H groups in total. The van der Waals surface area contributed by atoms with Crippen LogP contribution >= 0.6 is 11.6 Å². The van der Waals surface area contributed by atoms with E-state index < -0.39 is 5.82 Å². The Morgan fingerprint density at radius 2 is 2.00 bits per heavy atom. The third-order valence-corrected chi connectivity index (χ3v) is 4.41. The van der Waals surface area contributed by atoms with Gasteiger partial charge >= 0.3 is 0 Å². The van der Waals surface area contributed by atoms with E-state index in [1.165, 1.54) is 18.2 Å². The highest BCUT2D eigenvalue weighted by Gasteiger charge is 2.20. The lowest BCUT2D eigenvalue weighted by molar-refractivity contribution is -0.133. The summed E-state index contributed by atoms with van der Waals surface area (Å²) in [5, 5.41) is 9.05. The highest BCUT2D eigenvalue weighted by atomic mass is 35.5. The van der Waals surface area contributed by atoms with Gasteiger partial charge in [-0.2, -0.15) is 5.26 Å². The number of halogens is 2. The molecular weight excluding hydrogens is 355 g/mol. The van der Waals surface area contributed by atoms with E-state index in [1.807, 2.05) is 26.0 Å². The summed E-state index contributed by atoms with van der Waals surface area (Å²) in [6, 6.07) is 13.0. The maximum atomic E-state index is 13.0. The quantitative estimate of drug-likeness (QED) is 0.704. The number of hydrogen-bond donors (Lipinski definition) is 0. The van der Waals surface area contributed by atoms with Crippen LogP contribution in [0.4, 0.5) is 4.39 Å². The molecule has 1 atom stereocenters. The van der Waals surface area contributed by atoms with Crippen LogP contribution < -0.4 is 4.74 Å². The Morgan fingerprint density at radius 1 is 1.31 bits per heavy atom. The van der Waals surface area contributed by atoms with Crippen LogP contribution in [0.1, 0.15) is 37.4 Å². The topological polar surface area (TPSA) is 53.3 Å². The van der Waals surface area contributed by atoms with Gasteiger partial charge in [-0.25, -0.2) is 4.39 Å². The van der Waals surface area contributed by atoms with Gasteiger partial charge in [-0.15, -0.1) is 0 Å². The Kier molecular flexibility index (Phi) is 6.99. The van der Waals surface area contributed by atoms with Crippen molar-refractivity contribution in [2.45, 2.75) is 26.3 Å². The minimum absolute atomic E-state index is 0.0532. The van der Waals surface area contributed by atoms with E-state index in [0.717, 1.165) is 5.56 Å². The van der Waals surface area contributed by atoms with Crippen molar-refractivity contribution in [3.8, 4) is 11.8 Å². The predicted octanol–water partition coefficient (Wildman–Crippen LogP) is 4.73. The summed E-state index contributed by atoms with van der Waals surface area (Å²) in [7, 11) is 0. The fourth-order valence-electron chi connectivity index (χ4n) is 2.67. The van der Waals surface area contributed by atoms with E-state index in [1.54, 1.807) is 17.0 Å². The molecule has 0 spiro atoms. The second-order valence-electron chi connectivity index (χ2n) is 5.76. The molecule has 0 bridgehead atoms. The number of carbonyl (C=O) groups is 1. The summed E-state index contributed by atoms with van der Waals surface area (Å²) in [6.45, 7) is 4.56. The van der Waals surface area contributed by atoms with Crippen LogP contribution in [0.2, 0.25) is 5.02 Å². The molecule has 0 saturated heterocycles. The van der Waals surface area contributed by atoms with Gasteiger partial charge in [-0.3, -0.25) is 4.79 Å². The number of amides is 1. The Hall–Kier alpha value is -2.58. The monoisotopic (exact) mass is 374 g/mol. The Bertz CT molecular complexity index is 802. The lowest BCUT2D eigenvalue weighted by Crippen LogP contribution is -2.34. The van der Waals surface area contributed by atoms with Crippen LogP contribution in [0.5, 0.6) is 5.75 Å². The number of carbonyl (C=O) groups excluding carboxylic acids is 1. The molecule has 4 nitrogen and oxygen atoms in total. The van der Waals surface area contributed by atoms with E-state index in [9.17, 15) is 9.18 Å². The Morgan fingerprint density at radius 3 is 2.58 bits per heavy atom. The minimum Gasteiger partial charge on any atom is -0.491 e.